The number of aryl methyl sites for hydroxylation is 2. The van der Waals surface area contributed by atoms with Gasteiger partial charge in [0.15, 0.2) is 0 Å². The fourth-order valence-corrected chi connectivity index (χ4v) is 4.62. The third-order valence-corrected chi connectivity index (χ3v) is 6.88. The van der Waals surface area contributed by atoms with Crippen molar-refractivity contribution in [3.8, 4) is 5.75 Å². The standard InChI is InChI=1S/C26H29N3O5S/c1-16(2)25(30)27-20-13-11-17(3)22(15-20)28-26(31)19-12-10-18(4)24(14-19)35(32,33)29-21-8-6-7-9-23(21)34-5/h6-16,29H,1-5H3,(H,27,30)(H,28,31). The Hall–Kier alpha value is -3.85. The first-order chi connectivity index (χ1) is 16.5. The maximum atomic E-state index is 13.1. The number of rotatable bonds is 8. The number of carbonyl (C=O) groups is 2. The van der Waals surface area contributed by atoms with Gasteiger partial charge in [-0.1, -0.05) is 38.1 Å². The predicted molar refractivity (Wildman–Crippen MR) is 138 cm³/mol. The number of anilines is 3. The highest BCUT2D eigenvalue weighted by atomic mass is 32.2. The van der Waals surface area contributed by atoms with Gasteiger partial charge in [0.05, 0.1) is 17.7 Å². The Kier molecular flexibility index (Phi) is 7.81. The summed E-state index contributed by atoms with van der Waals surface area (Å²) in [7, 11) is -2.55. The third kappa shape index (κ3) is 6.19. The molecule has 0 unspecified atom stereocenters. The Labute approximate surface area is 205 Å². The normalized spacial score (nSPS) is 11.1. The van der Waals surface area contributed by atoms with Crippen LogP contribution >= 0.6 is 0 Å². The van der Waals surface area contributed by atoms with Crippen LogP contribution in [0.5, 0.6) is 5.75 Å². The van der Waals surface area contributed by atoms with Gasteiger partial charge in [-0.2, -0.15) is 0 Å². The molecule has 0 aliphatic carbocycles. The molecule has 3 aromatic carbocycles. The first-order valence-electron chi connectivity index (χ1n) is 11.0. The Morgan fingerprint density at radius 3 is 2.23 bits per heavy atom. The van der Waals surface area contributed by atoms with Crippen molar-refractivity contribution in [2.24, 2.45) is 5.92 Å². The van der Waals surface area contributed by atoms with Crippen molar-refractivity contribution in [2.45, 2.75) is 32.6 Å². The van der Waals surface area contributed by atoms with Gasteiger partial charge in [-0.05, 0) is 61.4 Å². The number of ether oxygens (including phenoxy) is 1. The van der Waals surface area contributed by atoms with Gasteiger partial charge in [0, 0.05) is 22.9 Å². The summed E-state index contributed by atoms with van der Waals surface area (Å²) in [5, 5.41) is 5.61. The van der Waals surface area contributed by atoms with E-state index in [2.05, 4.69) is 15.4 Å². The second-order valence-corrected chi connectivity index (χ2v) is 10.1. The van der Waals surface area contributed by atoms with Gasteiger partial charge in [0.25, 0.3) is 15.9 Å². The van der Waals surface area contributed by atoms with Gasteiger partial charge < -0.3 is 15.4 Å². The molecule has 3 rings (SSSR count). The number of para-hydroxylation sites is 2. The average molecular weight is 496 g/mol. The van der Waals surface area contributed by atoms with Crippen LogP contribution in [-0.2, 0) is 14.8 Å². The van der Waals surface area contributed by atoms with Crippen molar-refractivity contribution >= 4 is 38.9 Å². The summed E-state index contributed by atoms with van der Waals surface area (Å²) in [4.78, 5) is 25.0. The number of hydrogen-bond donors (Lipinski definition) is 3. The molecule has 3 N–H and O–H groups in total. The Morgan fingerprint density at radius 2 is 1.54 bits per heavy atom. The molecule has 0 bridgehead atoms. The van der Waals surface area contributed by atoms with E-state index in [1.807, 2.05) is 6.92 Å². The van der Waals surface area contributed by atoms with E-state index in [1.54, 1.807) is 75.4 Å². The number of nitrogens with one attached hydrogen (secondary N) is 3. The minimum Gasteiger partial charge on any atom is -0.495 e. The van der Waals surface area contributed by atoms with Crippen molar-refractivity contribution in [3.05, 3.63) is 77.4 Å². The van der Waals surface area contributed by atoms with Gasteiger partial charge in [0.1, 0.15) is 5.75 Å². The molecule has 3 aromatic rings. The molecule has 0 atom stereocenters. The zero-order valence-corrected chi connectivity index (χ0v) is 21.1. The summed E-state index contributed by atoms with van der Waals surface area (Å²) in [6, 6.07) is 16.4. The van der Waals surface area contributed by atoms with Crippen LogP contribution in [0.15, 0.2) is 65.6 Å². The third-order valence-electron chi connectivity index (χ3n) is 5.37. The van der Waals surface area contributed by atoms with E-state index in [4.69, 9.17) is 4.74 Å². The molecule has 35 heavy (non-hydrogen) atoms. The molecule has 9 heteroatoms. The van der Waals surface area contributed by atoms with Crippen molar-refractivity contribution in [2.75, 3.05) is 22.5 Å². The quantitative estimate of drug-likeness (QED) is 0.409. The summed E-state index contributed by atoms with van der Waals surface area (Å²) in [6.07, 6.45) is 0. The summed E-state index contributed by atoms with van der Waals surface area (Å²) >= 11 is 0. The lowest BCUT2D eigenvalue weighted by molar-refractivity contribution is -0.118. The topological polar surface area (TPSA) is 114 Å². The van der Waals surface area contributed by atoms with Gasteiger partial charge >= 0.3 is 0 Å². The molecule has 0 aromatic heterocycles. The van der Waals surface area contributed by atoms with E-state index in [0.29, 0.717) is 28.4 Å². The number of carbonyl (C=O) groups excluding carboxylic acids is 2. The average Bonchev–Trinajstić information content (AvgIpc) is 2.81. The summed E-state index contributed by atoms with van der Waals surface area (Å²) in [5.41, 5.74) is 2.80. The van der Waals surface area contributed by atoms with E-state index >= 15 is 0 Å². The van der Waals surface area contributed by atoms with Gasteiger partial charge in [-0.3, -0.25) is 14.3 Å². The maximum Gasteiger partial charge on any atom is 0.262 e. The molecule has 0 radical (unpaired) electrons. The van der Waals surface area contributed by atoms with Crippen LogP contribution in [0.4, 0.5) is 17.1 Å². The highest BCUT2D eigenvalue weighted by Gasteiger charge is 2.21. The number of methoxy groups -OCH3 is 1. The zero-order valence-electron chi connectivity index (χ0n) is 20.3. The van der Waals surface area contributed by atoms with E-state index in [9.17, 15) is 18.0 Å². The fraction of sp³-hybridized carbons (Fsp3) is 0.231. The largest absolute Gasteiger partial charge is 0.495 e. The van der Waals surface area contributed by atoms with E-state index in [-0.39, 0.29) is 22.3 Å². The van der Waals surface area contributed by atoms with Crippen LogP contribution in [-0.4, -0.2) is 27.3 Å². The van der Waals surface area contributed by atoms with Gasteiger partial charge in [0.2, 0.25) is 5.91 Å². The molecule has 0 heterocycles. The molecule has 0 saturated heterocycles. The molecule has 0 saturated carbocycles. The van der Waals surface area contributed by atoms with Crippen LogP contribution < -0.4 is 20.1 Å². The highest BCUT2D eigenvalue weighted by molar-refractivity contribution is 7.92. The minimum absolute atomic E-state index is 0.0225. The molecule has 0 spiro atoms. The van der Waals surface area contributed by atoms with E-state index in [0.717, 1.165) is 5.56 Å². The Morgan fingerprint density at radius 1 is 0.857 bits per heavy atom. The van der Waals surface area contributed by atoms with Crippen molar-refractivity contribution in [3.63, 3.8) is 0 Å². The van der Waals surface area contributed by atoms with Crippen LogP contribution in [0, 0.1) is 19.8 Å². The number of amides is 2. The van der Waals surface area contributed by atoms with Crippen molar-refractivity contribution < 1.29 is 22.7 Å². The predicted octanol–water partition coefficient (Wildman–Crippen LogP) is 4.96. The van der Waals surface area contributed by atoms with Crippen LogP contribution in [0.25, 0.3) is 0 Å². The minimum atomic E-state index is -4.00. The molecule has 184 valence electrons. The first kappa shape index (κ1) is 25.8. The molecular weight excluding hydrogens is 466 g/mol. The Bertz CT molecular complexity index is 1370. The first-order valence-corrected chi connectivity index (χ1v) is 12.5. The molecule has 0 fully saturated rings. The van der Waals surface area contributed by atoms with Crippen LogP contribution in [0.1, 0.15) is 35.3 Å². The number of benzene rings is 3. The SMILES string of the molecule is COc1ccccc1NS(=O)(=O)c1cc(C(=O)Nc2cc(NC(=O)C(C)C)ccc2C)ccc1C. The van der Waals surface area contributed by atoms with Crippen LogP contribution in [0.2, 0.25) is 0 Å². The number of sulfonamides is 1. The second-order valence-electron chi connectivity index (χ2n) is 8.41. The summed E-state index contributed by atoms with van der Waals surface area (Å²) in [6.45, 7) is 7.06. The lowest BCUT2D eigenvalue weighted by Gasteiger charge is -2.15. The summed E-state index contributed by atoms with van der Waals surface area (Å²) in [5.74, 6) is -0.425. The molecule has 2 amide bonds. The monoisotopic (exact) mass is 495 g/mol. The second kappa shape index (κ2) is 10.6. The highest BCUT2D eigenvalue weighted by Crippen LogP contribution is 2.28. The molecular formula is C26H29N3O5S. The zero-order chi connectivity index (χ0) is 25.8. The van der Waals surface area contributed by atoms with Crippen molar-refractivity contribution in [1.82, 2.24) is 0 Å². The molecule has 8 nitrogen and oxygen atoms in total. The van der Waals surface area contributed by atoms with Gasteiger partial charge in [-0.15, -0.1) is 0 Å². The maximum absolute atomic E-state index is 13.1. The van der Waals surface area contributed by atoms with Crippen LogP contribution in [0.3, 0.4) is 0 Å². The lowest BCUT2D eigenvalue weighted by atomic mass is 10.1. The molecule has 0 aliphatic heterocycles. The lowest BCUT2D eigenvalue weighted by Crippen LogP contribution is -2.19. The van der Waals surface area contributed by atoms with E-state index < -0.39 is 15.9 Å². The van der Waals surface area contributed by atoms with Gasteiger partial charge in [-0.25, -0.2) is 8.42 Å². The molecule has 0 aliphatic rings. The Balaban J connectivity index is 1.87. The van der Waals surface area contributed by atoms with E-state index in [1.165, 1.54) is 13.2 Å². The fourth-order valence-electron chi connectivity index (χ4n) is 3.28. The van der Waals surface area contributed by atoms with Crippen molar-refractivity contribution in [1.29, 1.82) is 0 Å². The smallest absolute Gasteiger partial charge is 0.262 e. The number of hydrogen-bond acceptors (Lipinski definition) is 5. The summed E-state index contributed by atoms with van der Waals surface area (Å²) < 4.78 is 34.0.